The van der Waals surface area contributed by atoms with Crippen molar-refractivity contribution in [3.8, 4) is 17.2 Å². The van der Waals surface area contributed by atoms with Crippen molar-refractivity contribution >= 4 is 16.7 Å². The van der Waals surface area contributed by atoms with Crippen LogP contribution in [0.3, 0.4) is 0 Å². The maximum absolute atomic E-state index is 12.2. The van der Waals surface area contributed by atoms with Crippen molar-refractivity contribution in [3.05, 3.63) is 84.8 Å². The van der Waals surface area contributed by atoms with E-state index in [1.807, 2.05) is 66.7 Å². The molecule has 2 heterocycles. The van der Waals surface area contributed by atoms with Crippen LogP contribution >= 0.6 is 0 Å². The number of furan rings is 1. The predicted molar refractivity (Wildman–Crippen MR) is 103 cm³/mol. The maximum Gasteiger partial charge on any atom is 0.258 e. The van der Waals surface area contributed by atoms with Gasteiger partial charge in [-0.3, -0.25) is 9.78 Å². The molecule has 134 valence electrons. The molecule has 0 aliphatic carbocycles. The molecule has 2 aromatic heterocycles. The van der Waals surface area contributed by atoms with Crippen LogP contribution in [0.25, 0.3) is 22.2 Å². The second-order valence-electron chi connectivity index (χ2n) is 6.06. The first kappa shape index (κ1) is 16.8. The van der Waals surface area contributed by atoms with Crippen LogP contribution in [0, 0.1) is 0 Å². The van der Waals surface area contributed by atoms with Gasteiger partial charge in [0, 0.05) is 18.3 Å². The zero-order chi connectivity index (χ0) is 18.5. The van der Waals surface area contributed by atoms with E-state index in [9.17, 15) is 4.79 Å². The highest BCUT2D eigenvalue weighted by molar-refractivity contribution is 5.84. The molecule has 1 N–H and O–H groups in total. The Kier molecular flexibility index (Phi) is 4.83. The number of ether oxygens (including phenoxy) is 1. The van der Waals surface area contributed by atoms with Crippen molar-refractivity contribution in [3.63, 3.8) is 0 Å². The van der Waals surface area contributed by atoms with Crippen LogP contribution in [0.5, 0.6) is 5.75 Å². The molecule has 0 bridgehead atoms. The summed E-state index contributed by atoms with van der Waals surface area (Å²) in [6.07, 6.45) is 3.30. The van der Waals surface area contributed by atoms with E-state index < -0.39 is 0 Å². The normalized spacial score (nSPS) is 10.7. The number of carbonyl (C=O) groups excluding carboxylic acids is 1. The van der Waals surface area contributed by atoms with Crippen molar-refractivity contribution in [2.75, 3.05) is 6.61 Å². The Bertz CT molecular complexity index is 1060. The Morgan fingerprint density at radius 1 is 1.00 bits per heavy atom. The predicted octanol–water partition coefficient (Wildman–Crippen LogP) is 4.19. The summed E-state index contributed by atoms with van der Waals surface area (Å²) in [5, 5.41) is 5.08. The highest BCUT2D eigenvalue weighted by atomic mass is 16.5. The van der Waals surface area contributed by atoms with Gasteiger partial charge in [-0.15, -0.1) is 0 Å². The van der Waals surface area contributed by atoms with E-state index in [2.05, 4.69) is 10.3 Å². The second-order valence-corrected chi connectivity index (χ2v) is 6.06. The summed E-state index contributed by atoms with van der Waals surface area (Å²) in [4.78, 5) is 16.5. The monoisotopic (exact) mass is 358 g/mol. The van der Waals surface area contributed by atoms with Gasteiger partial charge in [-0.25, -0.2) is 0 Å². The number of carbonyl (C=O) groups is 1. The van der Waals surface area contributed by atoms with Gasteiger partial charge in [0.2, 0.25) is 0 Å². The van der Waals surface area contributed by atoms with Crippen molar-refractivity contribution in [2.24, 2.45) is 0 Å². The zero-order valence-electron chi connectivity index (χ0n) is 14.6. The van der Waals surface area contributed by atoms with Gasteiger partial charge in [-0.1, -0.05) is 36.4 Å². The summed E-state index contributed by atoms with van der Waals surface area (Å²) in [6.45, 7) is 0.304. The lowest BCUT2D eigenvalue weighted by atomic mass is 10.1. The summed E-state index contributed by atoms with van der Waals surface area (Å²) >= 11 is 0. The molecule has 5 heteroatoms. The fourth-order valence-corrected chi connectivity index (χ4v) is 2.87. The largest absolute Gasteiger partial charge is 0.484 e. The lowest BCUT2D eigenvalue weighted by Crippen LogP contribution is -2.28. The lowest BCUT2D eigenvalue weighted by molar-refractivity contribution is -0.123. The number of aromatic nitrogens is 1. The zero-order valence-corrected chi connectivity index (χ0v) is 14.6. The van der Waals surface area contributed by atoms with E-state index >= 15 is 0 Å². The summed E-state index contributed by atoms with van der Waals surface area (Å²) in [5.41, 5.74) is 1.60. The molecule has 0 fully saturated rings. The third-order valence-electron chi connectivity index (χ3n) is 4.21. The van der Waals surface area contributed by atoms with Crippen LogP contribution in [-0.4, -0.2) is 17.5 Å². The number of pyridine rings is 1. The van der Waals surface area contributed by atoms with E-state index in [1.165, 1.54) is 0 Å². The number of fused-ring (bicyclic) bond motifs is 1. The molecule has 2 aromatic carbocycles. The minimum Gasteiger partial charge on any atom is -0.484 e. The van der Waals surface area contributed by atoms with Crippen LogP contribution in [0.2, 0.25) is 0 Å². The van der Waals surface area contributed by atoms with E-state index in [0.717, 1.165) is 22.0 Å². The summed E-state index contributed by atoms with van der Waals surface area (Å²) < 4.78 is 11.0. The Hall–Kier alpha value is -3.60. The van der Waals surface area contributed by atoms with Gasteiger partial charge in [0.25, 0.3) is 5.91 Å². The Morgan fingerprint density at radius 2 is 1.89 bits per heavy atom. The quantitative estimate of drug-likeness (QED) is 0.561. The fraction of sp³-hybridized carbons (Fsp3) is 0.0909. The van der Waals surface area contributed by atoms with Crippen LogP contribution in [0.15, 0.2) is 83.6 Å². The van der Waals surface area contributed by atoms with Gasteiger partial charge < -0.3 is 14.5 Å². The van der Waals surface area contributed by atoms with Crippen LogP contribution in [-0.2, 0) is 11.3 Å². The molecule has 27 heavy (non-hydrogen) atoms. The van der Waals surface area contributed by atoms with Crippen molar-refractivity contribution in [2.45, 2.75) is 6.54 Å². The minimum atomic E-state index is -0.197. The summed E-state index contributed by atoms with van der Waals surface area (Å²) in [5.74, 6) is 1.14. The molecular weight excluding hydrogens is 340 g/mol. The van der Waals surface area contributed by atoms with Crippen molar-refractivity contribution in [1.82, 2.24) is 10.3 Å². The first-order chi connectivity index (χ1) is 13.3. The number of nitrogens with one attached hydrogen (secondary N) is 1. The third kappa shape index (κ3) is 3.98. The molecule has 0 saturated carbocycles. The maximum atomic E-state index is 12.2. The Balaban J connectivity index is 1.36. The van der Waals surface area contributed by atoms with Crippen molar-refractivity contribution < 1.29 is 13.9 Å². The average Bonchev–Trinajstić information content (AvgIpc) is 3.25. The Morgan fingerprint density at radius 3 is 2.74 bits per heavy atom. The lowest BCUT2D eigenvalue weighted by Gasteiger charge is -2.10. The van der Waals surface area contributed by atoms with Gasteiger partial charge in [-0.05, 0) is 41.1 Å². The molecule has 0 saturated heterocycles. The molecule has 4 aromatic rings. The van der Waals surface area contributed by atoms with E-state index in [1.54, 1.807) is 12.5 Å². The van der Waals surface area contributed by atoms with Gasteiger partial charge in [0.15, 0.2) is 12.4 Å². The second kappa shape index (κ2) is 7.74. The van der Waals surface area contributed by atoms with Gasteiger partial charge in [0.05, 0.1) is 6.26 Å². The molecule has 0 atom stereocenters. The number of nitrogens with zero attached hydrogens (tertiary/aromatic N) is 1. The SMILES string of the molecule is O=C(COc1ccc2ccccc2c1)NCc1cccnc1-c1ccco1. The molecule has 0 radical (unpaired) electrons. The number of amides is 1. The number of hydrogen-bond acceptors (Lipinski definition) is 4. The van der Waals surface area contributed by atoms with Gasteiger partial charge in [-0.2, -0.15) is 0 Å². The van der Waals surface area contributed by atoms with E-state index in [-0.39, 0.29) is 12.5 Å². The first-order valence-corrected chi connectivity index (χ1v) is 8.66. The number of rotatable bonds is 6. The fourth-order valence-electron chi connectivity index (χ4n) is 2.87. The van der Waals surface area contributed by atoms with Crippen molar-refractivity contribution in [1.29, 1.82) is 0 Å². The summed E-state index contributed by atoms with van der Waals surface area (Å²) in [6, 6.07) is 21.2. The molecule has 5 nitrogen and oxygen atoms in total. The molecule has 4 rings (SSSR count). The molecule has 0 spiro atoms. The minimum absolute atomic E-state index is 0.0469. The molecule has 1 amide bonds. The number of hydrogen-bond donors (Lipinski definition) is 1. The highest BCUT2D eigenvalue weighted by Crippen LogP contribution is 2.22. The third-order valence-corrected chi connectivity index (χ3v) is 4.21. The molecular formula is C22H18N2O3. The topological polar surface area (TPSA) is 64.4 Å². The molecule has 0 aliphatic heterocycles. The van der Waals surface area contributed by atoms with Crippen LogP contribution in [0.1, 0.15) is 5.56 Å². The van der Waals surface area contributed by atoms with E-state index in [0.29, 0.717) is 18.1 Å². The van der Waals surface area contributed by atoms with Gasteiger partial charge in [0.1, 0.15) is 11.4 Å². The first-order valence-electron chi connectivity index (χ1n) is 8.66. The van der Waals surface area contributed by atoms with Crippen LogP contribution < -0.4 is 10.1 Å². The smallest absolute Gasteiger partial charge is 0.258 e. The number of benzene rings is 2. The Labute approximate surface area is 156 Å². The van der Waals surface area contributed by atoms with E-state index in [4.69, 9.17) is 9.15 Å². The summed E-state index contributed by atoms with van der Waals surface area (Å²) in [7, 11) is 0. The standard InChI is InChI=1S/C22H18N2O3/c25-21(15-27-19-10-9-16-5-1-2-6-17(16)13-19)24-14-18-7-3-11-23-22(18)20-8-4-12-26-20/h1-13H,14-15H2,(H,24,25). The average molecular weight is 358 g/mol. The van der Waals surface area contributed by atoms with Gasteiger partial charge >= 0.3 is 0 Å². The molecule has 0 unspecified atom stereocenters. The molecule has 0 aliphatic rings. The van der Waals surface area contributed by atoms with Crippen LogP contribution in [0.4, 0.5) is 0 Å². The highest BCUT2D eigenvalue weighted by Gasteiger charge is 2.10.